The number of H-pyrrole nitrogens is 1. The quantitative estimate of drug-likeness (QED) is 0.561. The van der Waals surface area contributed by atoms with E-state index >= 15 is 0 Å². The second kappa shape index (κ2) is 1.88. The van der Waals surface area contributed by atoms with Gasteiger partial charge in [-0.25, -0.2) is 0 Å². The molecule has 0 aromatic carbocycles. The van der Waals surface area contributed by atoms with Gasteiger partial charge in [0.2, 0.25) is 0 Å². The van der Waals surface area contributed by atoms with Crippen molar-refractivity contribution in [1.82, 2.24) is 5.10 Å². The van der Waals surface area contributed by atoms with Crippen LogP contribution in [0.1, 0.15) is 0 Å². The van der Waals surface area contributed by atoms with E-state index in [0.717, 1.165) is 5.13 Å². The molecule has 0 aliphatic carbocycles. The Morgan fingerprint density at radius 3 is 3.14 bits per heavy atom. The summed E-state index contributed by atoms with van der Waals surface area (Å²) in [4.78, 5) is 0. The minimum Gasteiger partial charge on any atom is -0.360 e. The van der Waals surface area contributed by atoms with Crippen LogP contribution in [0, 0.1) is 0 Å². The van der Waals surface area contributed by atoms with Crippen LogP contribution in [-0.4, -0.2) is 12.1 Å². The molecule has 7 heavy (non-hydrogen) atoms. The van der Waals surface area contributed by atoms with E-state index in [9.17, 15) is 0 Å². The van der Waals surface area contributed by atoms with Crippen molar-refractivity contribution < 1.29 is 5.10 Å². The van der Waals surface area contributed by atoms with Gasteiger partial charge in [-0.15, -0.1) is 0 Å². The average molecular weight is 116 g/mol. The van der Waals surface area contributed by atoms with Gasteiger partial charge in [0.05, 0.1) is 0 Å². The third kappa shape index (κ3) is 0.866. The average Bonchev–Trinajstić information content (AvgIpc) is 2.14. The van der Waals surface area contributed by atoms with Crippen molar-refractivity contribution in [3.8, 4) is 0 Å². The fraction of sp³-hybridized carbons (Fsp3) is 0.333. The molecule has 4 heteroatoms. The Balaban J connectivity index is 2.76. The second-order valence-electron chi connectivity index (χ2n) is 1.03. The van der Waals surface area contributed by atoms with Gasteiger partial charge in [0, 0.05) is 12.1 Å². The summed E-state index contributed by atoms with van der Waals surface area (Å²) in [7, 11) is 1.84. The first-order valence-corrected chi connectivity index (χ1v) is 2.81. The van der Waals surface area contributed by atoms with Gasteiger partial charge in [-0.2, -0.15) is 0 Å². The Kier molecular flexibility index (Phi) is 1.21. The highest BCUT2D eigenvalue weighted by atomic mass is 32.1. The Morgan fingerprint density at radius 2 is 2.86 bits per heavy atom. The van der Waals surface area contributed by atoms with Gasteiger partial charge in [-0.05, 0) is 11.3 Å². The molecule has 0 spiro atoms. The number of anilines is 1. The van der Waals surface area contributed by atoms with Gasteiger partial charge in [-0.1, -0.05) is 5.10 Å². The maximum atomic E-state index is 3.82. The molecule has 2 N–H and O–H groups in total. The Morgan fingerprint density at radius 1 is 2.00 bits per heavy atom. The van der Waals surface area contributed by atoms with Crippen LogP contribution in [0.2, 0.25) is 0 Å². The van der Waals surface area contributed by atoms with Crippen LogP contribution in [0.5, 0.6) is 0 Å². The Hall–Kier alpha value is -0.640. The van der Waals surface area contributed by atoms with Crippen molar-refractivity contribution in [3.63, 3.8) is 0 Å². The summed E-state index contributed by atoms with van der Waals surface area (Å²) < 4.78 is 0. The van der Waals surface area contributed by atoms with Gasteiger partial charge in [0.1, 0.15) is 0 Å². The topological polar surface area (TPSA) is 39.1 Å². The van der Waals surface area contributed by atoms with E-state index in [1.54, 1.807) is 11.3 Å². The van der Waals surface area contributed by atoms with E-state index in [1.165, 1.54) is 0 Å². The van der Waals surface area contributed by atoms with E-state index in [1.807, 2.05) is 12.6 Å². The van der Waals surface area contributed by atoms with Crippen LogP contribution in [-0.2, 0) is 0 Å². The molecule has 1 aromatic rings. The largest absolute Gasteiger partial charge is 0.360 e. The SMILES string of the molecule is CNc1n[nH+]cs1. The molecule has 1 aromatic heterocycles. The zero-order valence-corrected chi connectivity index (χ0v) is 4.75. The van der Waals surface area contributed by atoms with Gasteiger partial charge in [0.25, 0.3) is 10.6 Å². The van der Waals surface area contributed by atoms with Crippen LogP contribution in [0.3, 0.4) is 0 Å². The molecule has 0 aliphatic rings. The molecule has 0 atom stereocenters. The highest BCUT2D eigenvalue weighted by Crippen LogP contribution is 2.02. The monoisotopic (exact) mass is 116 g/mol. The van der Waals surface area contributed by atoms with E-state index in [2.05, 4.69) is 15.5 Å². The molecule has 0 aliphatic heterocycles. The summed E-state index contributed by atoms with van der Waals surface area (Å²) in [5.74, 6) is 0. The van der Waals surface area contributed by atoms with E-state index < -0.39 is 0 Å². The molecule has 0 fully saturated rings. The van der Waals surface area contributed by atoms with E-state index in [-0.39, 0.29) is 0 Å². The van der Waals surface area contributed by atoms with Crippen molar-refractivity contribution in [1.29, 1.82) is 0 Å². The zero-order valence-electron chi connectivity index (χ0n) is 3.93. The minimum absolute atomic E-state index is 0.917. The first-order chi connectivity index (χ1) is 3.43. The summed E-state index contributed by atoms with van der Waals surface area (Å²) >= 11 is 1.55. The molecular formula is C3H6N3S+. The number of hydrogen-bond donors (Lipinski definition) is 1. The number of aromatic amines is 1. The number of nitrogens with one attached hydrogen (secondary N) is 2. The van der Waals surface area contributed by atoms with Crippen LogP contribution in [0.25, 0.3) is 0 Å². The van der Waals surface area contributed by atoms with E-state index in [0.29, 0.717) is 0 Å². The number of nitrogens with zero attached hydrogens (tertiary/aromatic N) is 1. The molecule has 0 radical (unpaired) electrons. The maximum Gasteiger partial charge on any atom is 0.254 e. The lowest BCUT2D eigenvalue weighted by molar-refractivity contribution is -0.446. The fourth-order valence-electron chi connectivity index (χ4n) is 0.308. The van der Waals surface area contributed by atoms with E-state index in [4.69, 9.17) is 0 Å². The Labute approximate surface area is 45.4 Å². The predicted octanol–water partition coefficient (Wildman–Crippen LogP) is -0.00110. The lowest BCUT2D eigenvalue weighted by Gasteiger charge is -1.78. The standard InChI is InChI=1S/C3H5N3S/c1-4-3-6-5-2-7-3/h2H,1H3,(H,4,6)/p+1. The smallest absolute Gasteiger partial charge is 0.254 e. The fourth-order valence-corrected chi connectivity index (χ4v) is 0.749. The minimum atomic E-state index is 0.917. The normalized spacial score (nSPS) is 8.71. The van der Waals surface area contributed by atoms with Crippen LogP contribution in [0.4, 0.5) is 5.13 Å². The highest BCUT2D eigenvalue weighted by molar-refractivity contribution is 7.13. The maximum absolute atomic E-state index is 3.82. The van der Waals surface area contributed by atoms with Crippen molar-refractivity contribution >= 4 is 16.5 Å². The summed E-state index contributed by atoms with van der Waals surface area (Å²) in [6.07, 6.45) is 0. The lowest BCUT2D eigenvalue weighted by atomic mass is 11.1. The molecule has 0 bridgehead atoms. The molecule has 1 rings (SSSR count). The molecule has 1 heterocycles. The van der Waals surface area contributed by atoms with Crippen LogP contribution < -0.4 is 10.4 Å². The number of aromatic nitrogens is 2. The van der Waals surface area contributed by atoms with Gasteiger partial charge in [0.15, 0.2) is 0 Å². The molecule has 0 saturated carbocycles. The third-order valence-electron chi connectivity index (χ3n) is 0.603. The third-order valence-corrected chi connectivity index (χ3v) is 1.35. The molecule has 3 nitrogen and oxygen atoms in total. The van der Waals surface area contributed by atoms with Crippen molar-refractivity contribution in [3.05, 3.63) is 5.51 Å². The van der Waals surface area contributed by atoms with Crippen molar-refractivity contribution in [2.45, 2.75) is 0 Å². The Bertz CT molecular complexity index is 125. The first kappa shape index (κ1) is 4.52. The predicted molar refractivity (Wildman–Crippen MR) is 28.2 cm³/mol. The van der Waals surface area contributed by atoms with Crippen molar-refractivity contribution in [2.75, 3.05) is 12.4 Å². The molecule has 38 valence electrons. The summed E-state index contributed by atoms with van der Waals surface area (Å²) in [5.41, 5.74) is 1.81. The zero-order chi connectivity index (χ0) is 5.11. The molecule has 0 amide bonds. The first-order valence-electron chi connectivity index (χ1n) is 1.93. The summed E-state index contributed by atoms with van der Waals surface area (Å²) in [6.45, 7) is 0. The summed E-state index contributed by atoms with van der Waals surface area (Å²) in [6, 6.07) is 0. The number of hydrogen-bond acceptors (Lipinski definition) is 3. The number of rotatable bonds is 1. The van der Waals surface area contributed by atoms with Crippen LogP contribution >= 0.6 is 11.3 Å². The summed E-state index contributed by atoms with van der Waals surface area (Å²) in [5, 5.41) is 10.3. The molecular weight excluding hydrogens is 110 g/mol. The lowest BCUT2D eigenvalue weighted by Crippen LogP contribution is -1.99. The van der Waals surface area contributed by atoms with Gasteiger partial charge in [-0.3, -0.25) is 0 Å². The van der Waals surface area contributed by atoms with Crippen LogP contribution in [0.15, 0.2) is 5.51 Å². The highest BCUT2D eigenvalue weighted by Gasteiger charge is 1.91. The van der Waals surface area contributed by atoms with Gasteiger partial charge >= 0.3 is 0 Å². The molecule has 0 unspecified atom stereocenters. The van der Waals surface area contributed by atoms with Crippen molar-refractivity contribution in [2.24, 2.45) is 0 Å². The van der Waals surface area contributed by atoms with Gasteiger partial charge < -0.3 is 5.32 Å². The second-order valence-corrected chi connectivity index (χ2v) is 1.89. The molecule has 0 saturated heterocycles.